The average Bonchev–Trinajstić information content (AvgIpc) is 2.20. The molecule has 0 saturated heterocycles. The van der Waals surface area contributed by atoms with Crippen molar-refractivity contribution in [2.24, 2.45) is 0 Å². The summed E-state index contributed by atoms with van der Waals surface area (Å²) in [6.45, 7) is 1.70. The maximum atomic E-state index is 11.2. The Bertz CT molecular complexity index is 354. The minimum atomic E-state index is -0.398. The van der Waals surface area contributed by atoms with Crippen LogP contribution < -0.4 is 0 Å². The van der Waals surface area contributed by atoms with E-state index in [0.29, 0.717) is 5.56 Å². The van der Waals surface area contributed by atoms with E-state index in [9.17, 15) is 4.79 Å². The van der Waals surface area contributed by atoms with Crippen LogP contribution in [0.1, 0.15) is 18.4 Å². The van der Waals surface area contributed by atoms with Crippen molar-refractivity contribution in [3.8, 4) is 5.75 Å². The first kappa shape index (κ1) is 11.3. The fraction of sp³-hybridized carbons (Fsp3) is 0.222. The summed E-state index contributed by atoms with van der Waals surface area (Å²) >= 11 is 5.70. The molecule has 1 N–H and O–H groups in total. The molecule has 0 fully saturated rings. The fourth-order valence-corrected chi connectivity index (χ4v) is 1.42. The van der Waals surface area contributed by atoms with Crippen LogP contribution in [0.5, 0.6) is 5.75 Å². The van der Waals surface area contributed by atoms with Gasteiger partial charge in [0, 0.05) is 0 Å². The lowest BCUT2D eigenvalue weighted by molar-refractivity contribution is -0.134. The Hall–Kier alpha value is -0.790. The lowest BCUT2D eigenvalue weighted by Gasteiger charge is -2.09. The molecule has 2 unspecified atom stereocenters. The van der Waals surface area contributed by atoms with Crippen LogP contribution in [0.2, 0.25) is 5.02 Å². The van der Waals surface area contributed by atoms with E-state index in [1.54, 1.807) is 19.1 Å². The summed E-state index contributed by atoms with van der Waals surface area (Å²) in [5.74, 6) is -0.760. The molecule has 0 amide bonds. The first-order valence-corrected chi connectivity index (χ1v) is 4.80. The molecule has 0 aliphatic heterocycles. The molecular weight excluding hydrogens is 223 g/mol. The molecule has 0 aliphatic carbocycles. The highest BCUT2D eigenvalue weighted by Crippen LogP contribution is 2.28. The normalized spacial score (nSPS) is 12.2. The van der Waals surface area contributed by atoms with Gasteiger partial charge in [-0.25, -0.2) is 0 Å². The minimum absolute atomic E-state index is 0.00172. The van der Waals surface area contributed by atoms with Crippen molar-refractivity contribution < 1.29 is 14.4 Å². The van der Waals surface area contributed by atoms with Crippen molar-refractivity contribution in [2.45, 2.75) is 12.8 Å². The summed E-state index contributed by atoms with van der Waals surface area (Å²) in [6, 6.07) is 4.63. The van der Waals surface area contributed by atoms with Crippen LogP contribution in [0.15, 0.2) is 18.2 Å². The summed E-state index contributed by atoms with van der Waals surface area (Å²) in [5, 5.41) is 9.40. The van der Waals surface area contributed by atoms with Gasteiger partial charge in [-0.3, -0.25) is 4.79 Å². The van der Waals surface area contributed by atoms with Crippen LogP contribution in [0, 0.1) is 0 Å². The molecule has 0 radical (unpaired) electrons. The van der Waals surface area contributed by atoms with Crippen molar-refractivity contribution in [1.29, 1.82) is 0 Å². The topological polar surface area (TPSA) is 46.5 Å². The van der Waals surface area contributed by atoms with Crippen molar-refractivity contribution in [3.63, 3.8) is 0 Å². The van der Waals surface area contributed by atoms with Gasteiger partial charge >= 0.3 is 5.97 Å². The van der Waals surface area contributed by atoms with Crippen LogP contribution in [0.25, 0.3) is 0 Å². The predicted molar refractivity (Wildman–Crippen MR) is 57.3 cm³/mol. The molecule has 0 heterocycles. The second-order valence-corrected chi connectivity index (χ2v) is 3.51. The lowest BCUT2D eigenvalue weighted by Crippen LogP contribution is -2.08. The molecule has 0 bridgehead atoms. The maximum Gasteiger partial charge on any atom is 0.315 e. The third-order valence-electron chi connectivity index (χ3n) is 1.94. The van der Waals surface area contributed by atoms with Gasteiger partial charge in [-0.15, -0.1) is 0 Å². The highest BCUT2D eigenvalue weighted by Gasteiger charge is 2.16. The van der Waals surface area contributed by atoms with Crippen LogP contribution >= 0.6 is 21.1 Å². The van der Waals surface area contributed by atoms with Gasteiger partial charge in [-0.05, 0) is 24.6 Å². The molecule has 1 rings (SSSR count). The summed E-state index contributed by atoms with van der Waals surface area (Å²) in [4.78, 5) is 11.2. The van der Waals surface area contributed by atoms with Crippen LogP contribution in [0.3, 0.4) is 0 Å². The Morgan fingerprint density at radius 2 is 2.29 bits per heavy atom. The Labute approximate surface area is 89.3 Å². The van der Waals surface area contributed by atoms with Crippen molar-refractivity contribution in [3.05, 3.63) is 28.8 Å². The first-order chi connectivity index (χ1) is 6.56. The SMILES string of the molecule is CC(C(=O)OP)c1ccc(O)c(Cl)c1. The number of carbonyl (C=O) groups is 1. The van der Waals surface area contributed by atoms with Gasteiger partial charge in [0.2, 0.25) is 0 Å². The largest absolute Gasteiger partial charge is 0.506 e. The van der Waals surface area contributed by atoms with Crippen LogP contribution in [-0.2, 0) is 9.32 Å². The molecule has 14 heavy (non-hydrogen) atoms. The van der Waals surface area contributed by atoms with Gasteiger partial charge in [0.05, 0.1) is 20.4 Å². The maximum absolute atomic E-state index is 11.2. The van der Waals surface area contributed by atoms with E-state index in [-0.39, 0.29) is 16.7 Å². The zero-order chi connectivity index (χ0) is 10.7. The van der Waals surface area contributed by atoms with E-state index >= 15 is 0 Å². The number of rotatable bonds is 2. The molecule has 0 aromatic heterocycles. The minimum Gasteiger partial charge on any atom is -0.506 e. The molecule has 5 heteroatoms. The molecular formula is C9H10ClO3P. The van der Waals surface area contributed by atoms with E-state index in [0.717, 1.165) is 0 Å². The highest BCUT2D eigenvalue weighted by molar-refractivity contribution is 7.10. The van der Waals surface area contributed by atoms with E-state index in [2.05, 4.69) is 4.52 Å². The summed E-state index contributed by atoms with van der Waals surface area (Å²) in [6.07, 6.45) is 0. The number of benzene rings is 1. The number of carbonyl (C=O) groups excluding carboxylic acids is 1. The average molecular weight is 233 g/mol. The Balaban J connectivity index is 2.96. The first-order valence-electron chi connectivity index (χ1n) is 3.95. The van der Waals surface area contributed by atoms with Gasteiger partial charge in [0.15, 0.2) is 0 Å². The third-order valence-corrected chi connectivity index (χ3v) is 2.48. The third kappa shape index (κ3) is 2.37. The Morgan fingerprint density at radius 1 is 1.64 bits per heavy atom. The molecule has 0 saturated carbocycles. The summed E-state index contributed by atoms with van der Waals surface area (Å²) in [7, 11) is 1.90. The Morgan fingerprint density at radius 3 is 2.79 bits per heavy atom. The lowest BCUT2D eigenvalue weighted by atomic mass is 10.0. The summed E-state index contributed by atoms with van der Waals surface area (Å²) < 4.78 is 4.51. The molecule has 76 valence electrons. The molecule has 0 aliphatic rings. The predicted octanol–water partition coefficient (Wildman–Crippen LogP) is 2.48. The van der Waals surface area contributed by atoms with Gasteiger partial charge in [0.1, 0.15) is 5.75 Å². The zero-order valence-electron chi connectivity index (χ0n) is 7.53. The van der Waals surface area contributed by atoms with Gasteiger partial charge in [-0.1, -0.05) is 17.7 Å². The number of phenolic OH excluding ortho intramolecular Hbond substituents is 1. The highest BCUT2D eigenvalue weighted by atomic mass is 35.5. The number of phenols is 1. The summed E-state index contributed by atoms with van der Waals surface area (Å²) in [5.41, 5.74) is 0.709. The number of hydrogen-bond donors (Lipinski definition) is 1. The van der Waals surface area contributed by atoms with E-state index < -0.39 is 5.92 Å². The second kappa shape index (κ2) is 4.63. The van der Waals surface area contributed by atoms with Gasteiger partial charge < -0.3 is 9.63 Å². The molecule has 3 nitrogen and oxygen atoms in total. The molecule has 1 aromatic carbocycles. The van der Waals surface area contributed by atoms with Crippen molar-refractivity contribution in [1.82, 2.24) is 0 Å². The number of hydrogen-bond acceptors (Lipinski definition) is 3. The van der Waals surface area contributed by atoms with Gasteiger partial charge in [0.25, 0.3) is 0 Å². The molecule has 0 spiro atoms. The van der Waals surface area contributed by atoms with E-state index in [1.165, 1.54) is 6.07 Å². The number of aromatic hydroxyl groups is 1. The fourth-order valence-electron chi connectivity index (χ4n) is 1.03. The van der Waals surface area contributed by atoms with E-state index in [4.69, 9.17) is 16.7 Å². The standard InChI is InChI=1S/C9H10ClO3P/c1-5(9(12)13-14)6-2-3-8(11)7(10)4-6/h2-5,11H,14H2,1H3. The Kier molecular flexibility index (Phi) is 3.73. The smallest absolute Gasteiger partial charge is 0.315 e. The van der Waals surface area contributed by atoms with Crippen molar-refractivity contribution in [2.75, 3.05) is 0 Å². The van der Waals surface area contributed by atoms with Gasteiger partial charge in [-0.2, -0.15) is 0 Å². The van der Waals surface area contributed by atoms with E-state index in [1.807, 2.05) is 9.47 Å². The monoisotopic (exact) mass is 232 g/mol. The number of halogens is 1. The molecule has 1 aromatic rings. The van der Waals surface area contributed by atoms with Crippen LogP contribution in [-0.4, -0.2) is 11.1 Å². The second-order valence-electron chi connectivity index (χ2n) is 2.87. The van der Waals surface area contributed by atoms with Crippen LogP contribution in [0.4, 0.5) is 0 Å². The van der Waals surface area contributed by atoms with Crippen molar-refractivity contribution >= 4 is 27.0 Å². The zero-order valence-corrected chi connectivity index (χ0v) is 9.44. The quantitative estimate of drug-likeness (QED) is 0.797. The molecule has 2 atom stereocenters.